The maximum Gasteiger partial charge on any atom is 0.236 e. The molecular weight excluding hydrogens is 272 g/mol. The SMILES string of the molecule is Cc1nc(CN2C(=O)C[C@](C)(CC(C)C)C2=O)sc1C. The molecule has 4 nitrogen and oxygen atoms in total. The van der Waals surface area contributed by atoms with Gasteiger partial charge in [0.2, 0.25) is 11.8 Å². The molecule has 1 fully saturated rings. The average molecular weight is 294 g/mol. The normalized spacial score (nSPS) is 23.2. The van der Waals surface area contributed by atoms with Crippen LogP contribution in [0, 0.1) is 25.2 Å². The second kappa shape index (κ2) is 5.28. The zero-order valence-electron chi connectivity index (χ0n) is 12.8. The highest BCUT2D eigenvalue weighted by Gasteiger charge is 2.48. The topological polar surface area (TPSA) is 50.3 Å². The smallest absolute Gasteiger partial charge is 0.236 e. The number of amides is 2. The van der Waals surface area contributed by atoms with Crippen molar-refractivity contribution in [1.29, 1.82) is 0 Å². The van der Waals surface area contributed by atoms with Gasteiger partial charge < -0.3 is 0 Å². The van der Waals surface area contributed by atoms with Crippen molar-refractivity contribution < 1.29 is 9.59 Å². The summed E-state index contributed by atoms with van der Waals surface area (Å²) in [5, 5.41) is 0.843. The van der Waals surface area contributed by atoms with Gasteiger partial charge in [-0.2, -0.15) is 0 Å². The minimum atomic E-state index is -0.535. The molecule has 1 aliphatic heterocycles. The first-order valence-corrected chi connectivity index (χ1v) is 7.82. The van der Waals surface area contributed by atoms with E-state index in [0.717, 1.165) is 22.0 Å². The van der Waals surface area contributed by atoms with Crippen LogP contribution in [0.1, 0.15) is 49.2 Å². The van der Waals surface area contributed by atoms with E-state index in [-0.39, 0.29) is 11.8 Å². The lowest BCUT2D eigenvalue weighted by atomic mass is 9.80. The van der Waals surface area contributed by atoms with Crippen LogP contribution < -0.4 is 0 Å². The molecule has 0 unspecified atom stereocenters. The van der Waals surface area contributed by atoms with E-state index in [0.29, 0.717) is 18.9 Å². The van der Waals surface area contributed by atoms with Gasteiger partial charge in [0.15, 0.2) is 0 Å². The summed E-state index contributed by atoms with van der Waals surface area (Å²) in [6.45, 7) is 10.4. The minimum Gasteiger partial charge on any atom is -0.275 e. The van der Waals surface area contributed by atoms with Crippen molar-refractivity contribution in [2.45, 2.75) is 54.0 Å². The lowest BCUT2D eigenvalue weighted by Crippen LogP contribution is -2.34. The van der Waals surface area contributed by atoms with Gasteiger partial charge in [-0.3, -0.25) is 14.5 Å². The highest BCUT2D eigenvalue weighted by molar-refractivity contribution is 7.11. The molecule has 5 heteroatoms. The van der Waals surface area contributed by atoms with E-state index in [2.05, 4.69) is 18.8 Å². The molecule has 110 valence electrons. The molecule has 2 rings (SSSR count). The van der Waals surface area contributed by atoms with E-state index in [4.69, 9.17) is 0 Å². The van der Waals surface area contributed by atoms with Crippen LogP contribution in [0.15, 0.2) is 0 Å². The summed E-state index contributed by atoms with van der Waals surface area (Å²) in [5.74, 6) is 0.298. The lowest BCUT2D eigenvalue weighted by molar-refractivity contribution is -0.142. The molecule has 0 saturated carbocycles. The number of thiazole rings is 1. The molecule has 0 bridgehead atoms. The van der Waals surface area contributed by atoms with E-state index >= 15 is 0 Å². The first kappa shape index (κ1) is 15.2. The van der Waals surface area contributed by atoms with Gasteiger partial charge in [-0.25, -0.2) is 4.98 Å². The Bertz CT molecular complexity index is 531. The third-order valence-electron chi connectivity index (χ3n) is 3.83. The minimum absolute atomic E-state index is 0.0401. The molecule has 1 aromatic heterocycles. The van der Waals surface area contributed by atoms with Crippen molar-refractivity contribution in [3.05, 3.63) is 15.6 Å². The van der Waals surface area contributed by atoms with Crippen LogP contribution in [0.3, 0.4) is 0 Å². The summed E-state index contributed by atoms with van der Waals surface area (Å²) in [6.07, 6.45) is 1.08. The number of imide groups is 1. The van der Waals surface area contributed by atoms with Gasteiger partial charge in [0.1, 0.15) is 5.01 Å². The predicted octanol–water partition coefficient (Wildman–Crippen LogP) is 3.07. The summed E-state index contributed by atoms with van der Waals surface area (Å²) >= 11 is 1.56. The Morgan fingerprint density at radius 3 is 2.50 bits per heavy atom. The zero-order valence-corrected chi connectivity index (χ0v) is 13.6. The average Bonchev–Trinajstić information content (AvgIpc) is 2.71. The van der Waals surface area contributed by atoms with Gasteiger partial charge in [0.25, 0.3) is 0 Å². The maximum atomic E-state index is 12.6. The Balaban J connectivity index is 2.17. The number of likely N-dealkylation sites (tertiary alicyclic amines) is 1. The maximum absolute atomic E-state index is 12.6. The summed E-state index contributed by atoms with van der Waals surface area (Å²) in [6, 6.07) is 0. The fourth-order valence-electron chi connectivity index (χ4n) is 2.91. The number of rotatable bonds is 4. The van der Waals surface area contributed by atoms with Crippen molar-refractivity contribution in [3.63, 3.8) is 0 Å². The number of aromatic nitrogens is 1. The van der Waals surface area contributed by atoms with Crippen LogP contribution in [-0.4, -0.2) is 21.7 Å². The van der Waals surface area contributed by atoms with Crippen molar-refractivity contribution in [2.24, 2.45) is 11.3 Å². The van der Waals surface area contributed by atoms with Gasteiger partial charge in [-0.15, -0.1) is 11.3 Å². The van der Waals surface area contributed by atoms with E-state index in [1.54, 1.807) is 11.3 Å². The lowest BCUT2D eigenvalue weighted by Gasteiger charge is -2.23. The fraction of sp³-hybridized carbons (Fsp3) is 0.667. The third-order valence-corrected chi connectivity index (χ3v) is 4.89. The summed E-state index contributed by atoms with van der Waals surface area (Å²) in [5.41, 5.74) is 0.445. The van der Waals surface area contributed by atoms with Gasteiger partial charge in [-0.05, 0) is 26.2 Å². The summed E-state index contributed by atoms with van der Waals surface area (Å²) in [4.78, 5) is 31.7. The highest BCUT2D eigenvalue weighted by atomic mass is 32.1. The Hall–Kier alpha value is -1.23. The molecule has 0 spiro atoms. The number of carbonyl (C=O) groups is 2. The number of nitrogens with zero attached hydrogens (tertiary/aromatic N) is 2. The molecule has 1 atom stereocenters. The van der Waals surface area contributed by atoms with E-state index < -0.39 is 5.41 Å². The van der Waals surface area contributed by atoms with Crippen LogP contribution in [0.25, 0.3) is 0 Å². The fourth-order valence-corrected chi connectivity index (χ4v) is 3.83. The molecule has 0 radical (unpaired) electrons. The van der Waals surface area contributed by atoms with Gasteiger partial charge in [0.05, 0.1) is 17.7 Å². The van der Waals surface area contributed by atoms with Gasteiger partial charge in [0, 0.05) is 11.3 Å². The van der Waals surface area contributed by atoms with Crippen molar-refractivity contribution in [3.8, 4) is 0 Å². The molecule has 1 saturated heterocycles. The van der Waals surface area contributed by atoms with Crippen molar-refractivity contribution >= 4 is 23.2 Å². The van der Waals surface area contributed by atoms with Gasteiger partial charge in [-0.1, -0.05) is 20.8 Å². The molecule has 0 N–H and O–H groups in total. The van der Waals surface area contributed by atoms with E-state index in [9.17, 15) is 9.59 Å². The van der Waals surface area contributed by atoms with Crippen LogP contribution >= 0.6 is 11.3 Å². The van der Waals surface area contributed by atoms with Crippen molar-refractivity contribution in [1.82, 2.24) is 9.88 Å². The summed E-state index contributed by atoms with van der Waals surface area (Å²) in [7, 11) is 0. The van der Waals surface area contributed by atoms with E-state index in [1.165, 1.54) is 4.90 Å². The molecule has 2 amide bonds. The molecule has 2 heterocycles. The zero-order chi connectivity index (χ0) is 15.1. The molecular formula is C15H22N2O2S. The largest absolute Gasteiger partial charge is 0.275 e. The molecule has 0 aliphatic carbocycles. The highest BCUT2D eigenvalue weighted by Crippen LogP contribution is 2.39. The number of carbonyl (C=O) groups excluding carboxylic acids is 2. The second-order valence-electron chi connectivity index (χ2n) is 6.37. The Kier molecular flexibility index (Phi) is 4.00. The third kappa shape index (κ3) is 2.77. The van der Waals surface area contributed by atoms with Crippen molar-refractivity contribution in [2.75, 3.05) is 0 Å². The van der Waals surface area contributed by atoms with E-state index in [1.807, 2.05) is 20.8 Å². The predicted molar refractivity (Wildman–Crippen MR) is 79.3 cm³/mol. The molecule has 0 aromatic carbocycles. The standard InChI is InChI=1S/C15H22N2O2S/c1-9(2)6-15(5)7-13(18)17(14(15)19)8-12-16-10(3)11(4)20-12/h9H,6-8H2,1-5H3/t15-/m0/s1. The number of aryl methyl sites for hydroxylation is 2. The molecule has 1 aliphatic rings. The summed E-state index contributed by atoms with van der Waals surface area (Å²) < 4.78 is 0. The number of hydrogen-bond acceptors (Lipinski definition) is 4. The molecule has 1 aromatic rings. The first-order chi connectivity index (χ1) is 9.23. The first-order valence-electron chi connectivity index (χ1n) is 7.00. The number of hydrogen-bond donors (Lipinski definition) is 0. The Morgan fingerprint density at radius 2 is 2.00 bits per heavy atom. The monoisotopic (exact) mass is 294 g/mol. The molecule has 20 heavy (non-hydrogen) atoms. The van der Waals surface area contributed by atoms with Crippen LogP contribution in [0.2, 0.25) is 0 Å². The Labute approximate surface area is 124 Å². The van der Waals surface area contributed by atoms with Gasteiger partial charge >= 0.3 is 0 Å². The quantitative estimate of drug-likeness (QED) is 0.802. The Morgan fingerprint density at radius 1 is 1.35 bits per heavy atom. The van der Waals surface area contributed by atoms with Crippen LogP contribution in [0.4, 0.5) is 0 Å². The van der Waals surface area contributed by atoms with Crippen LogP contribution in [-0.2, 0) is 16.1 Å². The van der Waals surface area contributed by atoms with Crippen LogP contribution in [0.5, 0.6) is 0 Å². The second-order valence-corrected chi connectivity index (χ2v) is 7.66.